The Kier molecular flexibility index (Phi) is 1.89. The summed E-state index contributed by atoms with van der Waals surface area (Å²) in [5, 5.41) is 3.32. The largest absolute Gasteiger partial charge is 0.311 e. The maximum absolute atomic E-state index is 3.32. The third-order valence-electron chi connectivity index (χ3n) is 2.55. The summed E-state index contributed by atoms with van der Waals surface area (Å²) in [6.07, 6.45) is 1.20. The van der Waals surface area contributed by atoms with Crippen molar-refractivity contribution in [3.63, 3.8) is 0 Å². The maximum Gasteiger partial charge on any atom is 0.0233 e. The molecule has 0 spiro atoms. The zero-order chi connectivity index (χ0) is 8.55. The van der Waals surface area contributed by atoms with Gasteiger partial charge >= 0.3 is 0 Å². The molecular weight excluding hydrogens is 146 g/mol. The van der Waals surface area contributed by atoms with Crippen molar-refractivity contribution < 1.29 is 0 Å². The smallest absolute Gasteiger partial charge is 0.0233 e. The van der Waals surface area contributed by atoms with E-state index in [1.54, 1.807) is 0 Å². The zero-order valence-corrected chi connectivity index (χ0v) is 7.72. The molecule has 1 aliphatic rings. The van der Waals surface area contributed by atoms with Crippen LogP contribution in [0.2, 0.25) is 0 Å². The number of rotatable bonds is 2. The van der Waals surface area contributed by atoms with Gasteiger partial charge in [0.15, 0.2) is 0 Å². The molecule has 0 amide bonds. The fourth-order valence-corrected chi connectivity index (χ4v) is 1.44. The van der Waals surface area contributed by atoms with Crippen LogP contribution in [0.25, 0.3) is 0 Å². The first-order chi connectivity index (χ1) is 5.75. The van der Waals surface area contributed by atoms with E-state index in [1.165, 1.54) is 29.7 Å². The average Bonchev–Trinajstić information content (AvgIpc) is 2.81. The molecule has 0 saturated carbocycles. The summed E-state index contributed by atoms with van der Waals surface area (Å²) < 4.78 is 0. The Morgan fingerprint density at radius 3 is 2.67 bits per heavy atom. The normalized spacial score (nSPS) is 21.0. The Balaban J connectivity index is 2.15. The molecule has 64 valence electrons. The van der Waals surface area contributed by atoms with Crippen molar-refractivity contribution >= 4 is 0 Å². The summed E-state index contributed by atoms with van der Waals surface area (Å²) in [4.78, 5) is 0. The van der Waals surface area contributed by atoms with Crippen LogP contribution in [0.5, 0.6) is 0 Å². The van der Waals surface area contributed by atoms with Gasteiger partial charge in [0, 0.05) is 12.6 Å². The second-order valence-electron chi connectivity index (χ2n) is 3.73. The molecule has 1 aromatic rings. The highest BCUT2D eigenvalue weighted by Gasteiger charge is 2.19. The minimum atomic E-state index is 0.757. The first-order valence-electron chi connectivity index (χ1n) is 4.55. The molecule has 1 saturated heterocycles. The molecule has 0 aliphatic carbocycles. The molecule has 1 heteroatoms. The molecule has 0 bridgehead atoms. The van der Waals surface area contributed by atoms with Crippen LogP contribution < -0.4 is 5.32 Å². The predicted octanol–water partition coefficient (Wildman–Crippen LogP) is 1.82. The van der Waals surface area contributed by atoms with E-state index >= 15 is 0 Å². The van der Waals surface area contributed by atoms with Crippen molar-refractivity contribution in [1.82, 2.24) is 5.32 Å². The molecule has 2 rings (SSSR count). The lowest BCUT2D eigenvalue weighted by molar-refractivity contribution is 0.927. The second-order valence-corrected chi connectivity index (χ2v) is 3.73. The van der Waals surface area contributed by atoms with Crippen LogP contribution in [0.15, 0.2) is 18.2 Å². The van der Waals surface area contributed by atoms with Crippen LogP contribution in [0, 0.1) is 13.8 Å². The molecule has 1 fully saturated rings. The predicted molar refractivity (Wildman–Crippen MR) is 51.4 cm³/mol. The first kappa shape index (κ1) is 7.81. The number of nitrogens with one attached hydrogen (secondary N) is 1. The van der Waals surface area contributed by atoms with Gasteiger partial charge in [0.25, 0.3) is 0 Å². The quantitative estimate of drug-likeness (QED) is 0.656. The Hall–Kier alpha value is -0.820. The van der Waals surface area contributed by atoms with Crippen molar-refractivity contribution in [2.75, 3.05) is 6.54 Å². The van der Waals surface area contributed by atoms with Crippen molar-refractivity contribution in [3.05, 3.63) is 34.9 Å². The van der Waals surface area contributed by atoms with Crippen LogP contribution in [-0.2, 0) is 6.42 Å². The number of aryl methyl sites for hydroxylation is 2. The van der Waals surface area contributed by atoms with Gasteiger partial charge < -0.3 is 5.32 Å². The lowest BCUT2D eigenvalue weighted by Gasteiger charge is -2.03. The Bertz CT molecular complexity index is 287. The van der Waals surface area contributed by atoms with E-state index in [0.29, 0.717) is 0 Å². The molecular formula is C11H15N. The minimum Gasteiger partial charge on any atom is -0.311 e. The molecule has 1 nitrogen and oxygen atoms in total. The van der Waals surface area contributed by atoms with Gasteiger partial charge in [-0.1, -0.05) is 18.2 Å². The van der Waals surface area contributed by atoms with Crippen LogP contribution in [0.4, 0.5) is 0 Å². The summed E-state index contributed by atoms with van der Waals surface area (Å²) in [7, 11) is 0. The highest BCUT2D eigenvalue weighted by molar-refractivity contribution is 5.30. The first-order valence-corrected chi connectivity index (χ1v) is 4.55. The number of hydrogen-bond donors (Lipinski definition) is 1. The van der Waals surface area contributed by atoms with E-state index in [2.05, 4.69) is 37.4 Å². The second kappa shape index (κ2) is 2.91. The molecule has 1 unspecified atom stereocenters. The Morgan fingerprint density at radius 2 is 2.08 bits per heavy atom. The van der Waals surface area contributed by atoms with Gasteiger partial charge in [0.1, 0.15) is 0 Å². The summed E-state index contributed by atoms with van der Waals surface area (Å²) >= 11 is 0. The third-order valence-corrected chi connectivity index (χ3v) is 2.55. The van der Waals surface area contributed by atoms with Gasteiger partial charge in [-0.2, -0.15) is 0 Å². The van der Waals surface area contributed by atoms with Crippen molar-refractivity contribution in [1.29, 1.82) is 0 Å². The van der Waals surface area contributed by atoms with E-state index in [1.807, 2.05) is 0 Å². The van der Waals surface area contributed by atoms with Gasteiger partial charge in [0.05, 0.1) is 0 Å². The molecule has 0 radical (unpaired) electrons. The summed E-state index contributed by atoms with van der Waals surface area (Å²) in [5.41, 5.74) is 4.27. The maximum atomic E-state index is 3.32. The van der Waals surface area contributed by atoms with Crippen molar-refractivity contribution in [2.45, 2.75) is 26.3 Å². The topological polar surface area (TPSA) is 21.9 Å². The molecule has 1 heterocycles. The van der Waals surface area contributed by atoms with Gasteiger partial charge in [-0.05, 0) is 37.0 Å². The van der Waals surface area contributed by atoms with Gasteiger partial charge in [-0.3, -0.25) is 0 Å². The van der Waals surface area contributed by atoms with Crippen LogP contribution in [0.1, 0.15) is 16.7 Å². The summed E-state index contributed by atoms with van der Waals surface area (Å²) in [5.74, 6) is 0. The van der Waals surface area contributed by atoms with E-state index in [0.717, 1.165) is 6.04 Å². The standard InChI is InChI=1S/C11H15N/c1-8-3-4-10(5-9(8)2)6-11-7-12-11/h3-5,11-12H,6-7H2,1-2H3. The minimum absolute atomic E-state index is 0.757. The van der Waals surface area contributed by atoms with E-state index in [9.17, 15) is 0 Å². The molecule has 1 aliphatic heterocycles. The molecule has 12 heavy (non-hydrogen) atoms. The Morgan fingerprint density at radius 1 is 1.33 bits per heavy atom. The third kappa shape index (κ3) is 1.67. The number of hydrogen-bond acceptors (Lipinski definition) is 1. The van der Waals surface area contributed by atoms with Crippen LogP contribution in [-0.4, -0.2) is 12.6 Å². The lowest BCUT2D eigenvalue weighted by atomic mass is 10.0. The van der Waals surface area contributed by atoms with E-state index < -0.39 is 0 Å². The monoisotopic (exact) mass is 161 g/mol. The highest BCUT2D eigenvalue weighted by Crippen LogP contribution is 2.13. The average molecular weight is 161 g/mol. The van der Waals surface area contributed by atoms with E-state index in [4.69, 9.17) is 0 Å². The fraction of sp³-hybridized carbons (Fsp3) is 0.455. The van der Waals surface area contributed by atoms with Gasteiger partial charge in [-0.15, -0.1) is 0 Å². The van der Waals surface area contributed by atoms with Crippen molar-refractivity contribution in [2.24, 2.45) is 0 Å². The molecule has 1 N–H and O–H groups in total. The fourth-order valence-electron chi connectivity index (χ4n) is 1.44. The van der Waals surface area contributed by atoms with Gasteiger partial charge in [-0.25, -0.2) is 0 Å². The summed E-state index contributed by atoms with van der Waals surface area (Å²) in [6, 6.07) is 7.51. The van der Waals surface area contributed by atoms with E-state index in [-0.39, 0.29) is 0 Å². The lowest BCUT2D eigenvalue weighted by Crippen LogP contribution is -1.97. The SMILES string of the molecule is Cc1ccc(CC2CN2)cc1C. The van der Waals surface area contributed by atoms with Crippen LogP contribution in [0.3, 0.4) is 0 Å². The Labute approximate surface area is 73.8 Å². The van der Waals surface area contributed by atoms with Crippen LogP contribution >= 0.6 is 0 Å². The molecule has 0 aromatic heterocycles. The zero-order valence-electron chi connectivity index (χ0n) is 7.72. The summed E-state index contributed by atoms with van der Waals surface area (Å²) in [6.45, 7) is 5.54. The van der Waals surface area contributed by atoms with Crippen molar-refractivity contribution in [3.8, 4) is 0 Å². The number of benzene rings is 1. The van der Waals surface area contributed by atoms with Gasteiger partial charge in [0.2, 0.25) is 0 Å². The highest BCUT2D eigenvalue weighted by atomic mass is 15.1. The molecule has 1 aromatic carbocycles. The molecule has 1 atom stereocenters.